The second-order valence-corrected chi connectivity index (χ2v) is 11.4. The summed E-state index contributed by atoms with van der Waals surface area (Å²) in [5.74, 6) is -2.68. The summed E-state index contributed by atoms with van der Waals surface area (Å²) in [4.78, 5) is 30.8. The van der Waals surface area contributed by atoms with Crippen LogP contribution in [0.1, 0.15) is 25.8 Å². The molecule has 3 atom stereocenters. The van der Waals surface area contributed by atoms with Crippen molar-refractivity contribution < 1.29 is 28.2 Å². The van der Waals surface area contributed by atoms with Gasteiger partial charge in [0.05, 0.1) is 24.9 Å². The zero-order valence-electron chi connectivity index (χ0n) is 25.6. The second-order valence-electron chi connectivity index (χ2n) is 11.4. The first-order valence-electron chi connectivity index (χ1n) is 14.6. The summed E-state index contributed by atoms with van der Waals surface area (Å²) in [5.41, 5.74) is 2.01. The van der Waals surface area contributed by atoms with Crippen molar-refractivity contribution in [2.24, 2.45) is 0 Å². The highest BCUT2D eigenvalue weighted by atomic mass is 19.3. The fourth-order valence-corrected chi connectivity index (χ4v) is 5.63. The van der Waals surface area contributed by atoms with Crippen LogP contribution in [0, 0.1) is 11.3 Å². The van der Waals surface area contributed by atoms with Crippen molar-refractivity contribution >= 4 is 23.2 Å². The number of nitrogens with zero attached hydrogens (tertiary/aromatic N) is 7. The Balaban J connectivity index is 1.30. The van der Waals surface area contributed by atoms with E-state index in [-0.39, 0.29) is 24.3 Å². The SMILES string of the molecule is COc1nc(Nc2cc(-c3ccc(OC4CCN(C(=O)[C@H](C)O)CC4(F)F)c(C#N)c3)ncn2)ccc1N1CCN(C)C[C@H]1C. The summed E-state index contributed by atoms with van der Waals surface area (Å²) in [6, 6.07) is 12.4. The predicted octanol–water partition coefficient (Wildman–Crippen LogP) is 3.30. The number of aliphatic hydroxyl groups excluding tert-OH is 1. The summed E-state index contributed by atoms with van der Waals surface area (Å²) < 4.78 is 41.0. The minimum atomic E-state index is -3.38. The van der Waals surface area contributed by atoms with Crippen LogP contribution in [0.5, 0.6) is 11.6 Å². The van der Waals surface area contributed by atoms with Gasteiger partial charge in [-0.25, -0.2) is 18.7 Å². The number of methoxy groups -OCH3 is 1. The molecule has 1 unspecified atom stereocenters. The van der Waals surface area contributed by atoms with Crippen LogP contribution in [-0.4, -0.2) is 107 Å². The lowest BCUT2D eigenvalue weighted by Gasteiger charge is -2.40. The molecule has 1 aromatic carbocycles. The van der Waals surface area contributed by atoms with E-state index in [4.69, 9.17) is 9.47 Å². The number of likely N-dealkylation sites (N-methyl/N-ethyl adjacent to an activating group) is 1. The Hall–Kier alpha value is -4.61. The molecule has 2 fully saturated rings. The van der Waals surface area contributed by atoms with E-state index in [9.17, 15) is 23.9 Å². The predicted molar refractivity (Wildman–Crippen MR) is 163 cm³/mol. The number of anilines is 3. The van der Waals surface area contributed by atoms with Crippen LogP contribution in [0.25, 0.3) is 11.3 Å². The lowest BCUT2D eigenvalue weighted by molar-refractivity contribution is -0.165. The third-order valence-corrected chi connectivity index (χ3v) is 7.96. The molecule has 0 bridgehead atoms. The lowest BCUT2D eigenvalue weighted by Crippen LogP contribution is -2.56. The summed E-state index contributed by atoms with van der Waals surface area (Å²) in [6.07, 6.45) is -1.70. The molecule has 2 aliphatic rings. The van der Waals surface area contributed by atoms with Crippen molar-refractivity contribution in [2.75, 3.05) is 57.1 Å². The van der Waals surface area contributed by atoms with E-state index in [1.807, 2.05) is 18.2 Å². The number of aliphatic hydroxyl groups is 1. The van der Waals surface area contributed by atoms with E-state index < -0.39 is 30.6 Å². The van der Waals surface area contributed by atoms with Crippen LogP contribution < -0.4 is 19.7 Å². The third kappa shape index (κ3) is 7.05. The summed E-state index contributed by atoms with van der Waals surface area (Å²) in [6.45, 7) is 5.26. The zero-order valence-corrected chi connectivity index (χ0v) is 25.6. The highest BCUT2D eigenvalue weighted by Crippen LogP contribution is 2.35. The average Bonchev–Trinajstić information content (AvgIpc) is 3.02. The normalized spacial score (nSPS) is 20.7. The highest BCUT2D eigenvalue weighted by molar-refractivity contribution is 5.80. The maximum atomic E-state index is 14.9. The van der Waals surface area contributed by atoms with Gasteiger partial charge in [-0.1, -0.05) is 0 Å². The number of carbonyl (C=O) groups is 1. The number of likely N-dealkylation sites (tertiary alicyclic amines) is 1. The number of ether oxygens (including phenoxy) is 2. The number of halogens is 2. The van der Waals surface area contributed by atoms with Gasteiger partial charge in [0, 0.05) is 50.3 Å². The van der Waals surface area contributed by atoms with E-state index in [0.29, 0.717) is 34.8 Å². The molecule has 2 saturated heterocycles. The van der Waals surface area contributed by atoms with Crippen LogP contribution in [0.15, 0.2) is 42.7 Å². The molecule has 0 aliphatic carbocycles. The van der Waals surface area contributed by atoms with E-state index in [2.05, 4.69) is 44.0 Å². The van der Waals surface area contributed by atoms with Gasteiger partial charge in [0.1, 0.15) is 41.6 Å². The number of nitriles is 1. The molecule has 4 heterocycles. The molecule has 12 nitrogen and oxygen atoms in total. The van der Waals surface area contributed by atoms with E-state index in [1.54, 1.807) is 19.2 Å². The number of rotatable bonds is 8. The molecule has 3 aromatic rings. The third-order valence-electron chi connectivity index (χ3n) is 7.96. The number of aromatic nitrogens is 3. The Bertz CT molecular complexity index is 1580. The topological polar surface area (TPSA) is 140 Å². The molecule has 1 amide bonds. The number of benzene rings is 1. The minimum Gasteiger partial charge on any atom is -0.483 e. The van der Waals surface area contributed by atoms with Crippen LogP contribution in [0.4, 0.5) is 26.1 Å². The number of piperidine rings is 1. The van der Waals surface area contributed by atoms with E-state index >= 15 is 0 Å². The maximum Gasteiger partial charge on any atom is 0.301 e. The number of hydrogen-bond donors (Lipinski definition) is 2. The van der Waals surface area contributed by atoms with Gasteiger partial charge in [-0.2, -0.15) is 10.2 Å². The number of alkyl halides is 2. The minimum absolute atomic E-state index is 0.000291. The monoisotopic (exact) mass is 622 g/mol. The Morgan fingerprint density at radius 2 is 1.98 bits per heavy atom. The molecule has 5 rings (SSSR count). The number of nitrogens with one attached hydrogen (secondary N) is 1. The quantitative estimate of drug-likeness (QED) is 0.383. The summed E-state index contributed by atoms with van der Waals surface area (Å²) in [5, 5.41) is 22.5. The molecular formula is C31H36F2N8O4. The largest absolute Gasteiger partial charge is 0.483 e. The van der Waals surface area contributed by atoms with Gasteiger partial charge in [0.2, 0.25) is 5.88 Å². The maximum absolute atomic E-state index is 14.9. The summed E-state index contributed by atoms with van der Waals surface area (Å²) in [7, 11) is 3.69. The Labute approximate surface area is 260 Å². The van der Waals surface area contributed by atoms with Crippen molar-refractivity contribution in [3.8, 4) is 29.0 Å². The Morgan fingerprint density at radius 3 is 2.67 bits per heavy atom. The van der Waals surface area contributed by atoms with Crippen LogP contribution in [-0.2, 0) is 4.79 Å². The molecule has 14 heteroatoms. The highest BCUT2D eigenvalue weighted by Gasteiger charge is 2.48. The first kappa shape index (κ1) is 31.8. The van der Waals surface area contributed by atoms with Crippen molar-refractivity contribution in [1.82, 2.24) is 24.8 Å². The van der Waals surface area contributed by atoms with Gasteiger partial charge in [0.15, 0.2) is 6.10 Å². The van der Waals surface area contributed by atoms with Gasteiger partial charge in [-0.05, 0) is 51.2 Å². The number of piperazine rings is 1. The van der Waals surface area contributed by atoms with Gasteiger partial charge in [0.25, 0.3) is 5.91 Å². The number of hydrogen-bond acceptors (Lipinski definition) is 11. The van der Waals surface area contributed by atoms with Crippen LogP contribution >= 0.6 is 0 Å². The fraction of sp³-hybridized carbons (Fsp3) is 0.452. The molecular weight excluding hydrogens is 586 g/mol. The zero-order chi connectivity index (χ0) is 32.3. The summed E-state index contributed by atoms with van der Waals surface area (Å²) >= 11 is 0. The van der Waals surface area contributed by atoms with Gasteiger partial charge in [-0.3, -0.25) is 4.79 Å². The number of pyridine rings is 1. The van der Waals surface area contributed by atoms with Crippen LogP contribution in [0.3, 0.4) is 0 Å². The molecule has 2 aromatic heterocycles. The second kappa shape index (κ2) is 13.2. The lowest BCUT2D eigenvalue weighted by atomic mass is 10.0. The van der Waals surface area contributed by atoms with Crippen LogP contribution in [0.2, 0.25) is 0 Å². The number of amides is 1. The molecule has 0 radical (unpaired) electrons. The first-order valence-corrected chi connectivity index (χ1v) is 14.6. The molecule has 2 N–H and O–H groups in total. The van der Waals surface area contributed by atoms with Crippen molar-refractivity contribution in [2.45, 2.75) is 44.4 Å². The molecule has 0 saturated carbocycles. The smallest absolute Gasteiger partial charge is 0.301 e. The first-order chi connectivity index (χ1) is 21.5. The van der Waals surface area contributed by atoms with Gasteiger partial charge < -0.3 is 34.6 Å². The number of carbonyl (C=O) groups excluding carboxylic acids is 1. The molecule has 45 heavy (non-hydrogen) atoms. The van der Waals surface area contributed by atoms with E-state index in [1.165, 1.54) is 25.4 Å². The molecule has 0 spiro atoms. The van der Waals surface area contributed by atoms with Crippen molar-refractivity contribution in [1.29, 1.82) is 5.26 Å². The Kier molecular flexibility index (Phi) is 9.31. The van der Waals surface area contributed by atoms with E-state index in [0.717, 1.165) is 30.2 Å². The van der Waals surface area contributed by atoms with Crippen molar-refractivity contribution in [3.63, 3.8) is 0 Å². The Morgan fingerprint density at radius 1 is 1.18 bits per heavy atom. The molecule has 2 aliphatic heterocycles. The van der Waals surface area contributed by atoms with Gasteiger partial charge >= 0.3 is 5.92 Å². The fourth-order valence-electron chi connectivity index (χ4n) is 5.63. The molecule has 238 valence electrons. The standard InChI is InChI=1S/C31H36F2N8O4/c1-19-16-39(3)11-12-41(19)24-6-8-27(38-29(24)44-4)37-28-14-23(35-18-36-28)21-5-7-25(22(13-21)15-34)45-26-9-10-40(17-31(26,32)33)30(43)20(2)42/h5-8,13-14,18-20,26,42H,9-12,16-17H2,1-4H3,(H,35,36,37,38)/t19-,20+,26?/m1/s1. The average molecular weight is 623 g/mol. The van der Waals surface area contributed by atoms with Crippen molar-refractivity contribution in [3.05, 3.63) is 48.3 Å². The van der Waals surface area contributed by atoms with Gasteiger partial charge in [-0.15, -0.1) is 0 Å².